The Morgan fingerprint density at radius 1 is 1.33 bits per heavy atom. The van der Waals surface area contributed by atoms with Crippen molar-refractivity contribution in [1.29, 1.82) is 0 Å². The molecule has 3 heterocycles. The summed E-state index contributed by atoms with van der Waals surface area (Å²) in [6, 6.07) is 2.02. The number of carbonyl (C=O) groups is 1. The first kappa shape index (κ1) is 11.5. The zero-order valence-electron chi connectivity index (χ0n) is 10.1. The predicted octanol–water partition coefficient (Wildman–Crippen LogP) is 0.469. The van der Waals surface area contributed by atoms with E-state index in [1.165, 1.54) is 12.3 Å². The summed E-state index contributed by atoms with van der Waals surface area (Å²) in [5, 5.41) is 0. The molecule has 1 aromatic rings. The highest BCUT2D eigenvalue weighted by atomic mass is 16.2. The first-order valence-electron chi connectivity index (χ1n) is 6.42. The number of aromatic nitrogens is 1. The van der Waals surface area contributed by atoms with Crippen LogP contribution < -0.4 is 11.2 Å². The second-order valence-electron chi connectivity index (χ2n) is 5.25. The number of piperidine rings is 1. The molecule has 2 bridgehead atoms. The number of H-pyrrole nitrogens is 1. The highest BCUT2D eigenvalue weighted by Crippen LogP contribution is 2.35. The van der Waals surface area contributed by atoms with E-state index in [0.29, 0.717) is 0 Å². The summed E-state index contributed by atoms with van der Waals surface area (Å²) in [6.45, 7) is 0. The lowest BCUT2D eigenvalue weighted by atomic mass is 9.97. The Hall–Kier alpha value is -1.62. The molecule has 3 N–H and O–H groups in total. The number of hydrogen-bond acceptors (Lipinski definition) is 3. The van der Waals surface area contributed by atoms with Crippen LogP contribution in [0.25, 0.3) is 0 Å². The van der Waals surface area contributed by atoms with Gasteiger partial charge in [0.15, 0.2) is 5.43 Å². The van der Waals surface area contributed by atoms with Gasteiger partial charge in [-0.15, -0.1) is 0 Å². The summed E-state index contributed by atoms with van der Waals surface area (Å²) in [5.41, 5.74) is 6.01. The number of carbonyl (C=O) groups excluding carboxylic acids is 1. The van der Waals surface area contributed by atoms with Crippen molar-refractivity contribution in [3.05, 3.63) is 34.2 Å². The van der Waals surface area contributed by atoms with E-state index in [-0.39, 0.29) is 35.0 Å². The van der Waals surface area contributed by atoms with Crippen LogP contribution in [0.3, 0.4) is 0 Å². The average molecular weight is 247 g/mol. The molecule has 2 aliphatic rings. The van der Waals surface area contributed by atoms with E-state index < -0.39 is 0 Å². The minimum absolute atomic E-state index is 0.142. The molecule has 0 spiro atoms. The van der Waals surface area contributed by atoms with E-state index in [2.05, 4.69) is 4.98 Å². The Labute approximate surface area is 105 Å². The monoisotopic (exact) mass is 247 g/mol. The summed E-state index contributed by atoms with van der Waals surface area (Å²) in [5.74, 6) is -0.142. The van der Waals surface area contributed by atoms with Gasteiger partial charge in [-0.2, -0.15) is 0 Å². The Morgan fingerprint density at radius 3 is 2.61 bits per heavy atom. The van der Waals surface area contributed by atoms with Gasteiger partial charge < -0.3 is 15.6 Å². The molecular weight excluding hydrogens is 230 g/mol. The molecule has 0 radical (unpaired) electrons. The molecule has 0 aromatic carbocycles. The third-order valence-corrected chi connectivity index (χ3v) is 4.06. The Bertz CT molecular complexity index is 511. The van der Waals surface area contributed by atoms with Crippen LogP contribution >= 0.6 is 0 Å². The number of pyridine rings is 1. The van der Waals surface area contributed by atoms with Crippen molar-refractivity contribution >= 4 is 5.91 Å². The van der Waals surface area contributed by atoms with E-state index >= 15 is 0 Å². The van der Waals surface area contributed by atoms with Gasteiger partial charge in [-0.1, -0.05) is 0 Å². The number of hydrogen-bond donors (Lipinski definition) is 2. The molecule has 2 fully saturated rings. The number of amides is 1. The van der Waals surface area contributed by atoms with Crippen LogP contribution in [0.4, 0.5) is 0 Å². The molecular formula is C13H17N3O2. The van der Waals surface area contributed by atoms with Crippen molar-refractivity contribution in [2.75, 3.05) is 0 Å². The molecule has 1 aromatic heterocycles. The maximum atomic E-state index is 12.5. The number of nitrogens with one attached hydrogen (secondary N) is 1. The molecule has 5 heteroatoms. The third-order valence-electron chi connectivity index (χ3n) is 4.06. The van der Waals surface area contributed by atoms with Crippen LogP contribution in [0.1, 0.15) is 36.0 Å². The molecule has 2 saturated heterocycles. The van der Waals surface area contributed by atoms with Gasteiger partial charge in [-0.05, 0) is 25.7 Å². The molecule has 96 valence electrons. The van der Waals surface area contributed by atoms with Crippen molar-refractivity contribution in [1.82, 2.24) is 9.88 Å². The molecule has 2 unspecified atom stereocenters. The van der Waals surface area contributed by atoms with Crippen LogP contribution in [0.2, 0.25) is 0 Å². The van der Waals surface area contributed by atoms with Crippen LogP contribution in [-0.2, 0) is 0 Å². The predicted molar refractivity (Wildman–Crippen MR) is 67.3 cm³/mol. The van der Waals surface area contributed by atoms with Crippen LogP contribution in [0.5, 0.6) is 0 Å². The summed E-state index contributed by atoms with van der Waals surface area (Å²) in [6.07, 6.45) is 6.77. The number of rotatable bonds is 1. The highest BCUT2D eigenvalue weighted by Gasteiger charge is 2.42. The number of fused-ring (bicyclic) bond motifs is 2. The SMILES string of the molecule is NC1CC2CCC(C1)N2C(=O)c1c[nH]ccc1=O. The van der Waals surface area contributed by atoms with Gasteiger partial charge >= 0.3 is 0 Å². The Kier molecular flexibility index (Phi) is 2.70. The zero-order chi connectivity index (χ0) is 12.7. The van der Waals surface area contributed by atoms with Crippen molar-refractivity contribution in [2.24, 2.45) is 5.73 Å². The van der Waals surface area contributed by atoms with Gasteiger partial charge in [0, 0.05) is 36.6 Å². The van der Waals surface area contributed by atoms with Crippen molar-refractivity contribution in [2.45, 2.75) is 43.8 Å². The van der Waals surface area contributed by atoms with Gasteiger partial charge in [0.25, 0.3) is 5.91 Å². The molecule has 5 nitrogen and oxygen atoms in total. The molecule has 3 rings (SSSR count). The molecule has 2 atom stereocenters. The lowest BCUT2D eigenvalue weighted by Crippen LogP contribution is -2.50. The first-order valence-corrected chi connectivity index (χ1v) is 6.42. The van der Waals surface area contributed by atoms with Gasteiger partial charge in [-0.3, -0.25) is 9.59 Å². The van der Waals surface area contributed by atoms with Crippen LogP contribution in [-0.4, -0.2) is 33.9 Å². The van der Waals surface area contributed by atoms with Crippen LogP contribution in [0, 0.1) is 0 Å². The standard InChI is InChI=1S/C13H17N3O2/c14-8-5-9-1-2-10(6-8)16(9)13(18)11-7-15-4-3-12(11)17/h3-4,7-10H,1-2,5-6,14H2,(H,15,17). The fourth-order valence-electron chi connectivity index (χ4n) is 3.27. The Morgan fingerprint density at radius 2 is 2.00 bits per heavy atom. The smallest absolute Gasteiger partial charge is 0.259 e. The third kappa shape index (κ3) is 1.75. The lowest BCUT2D eigenvalue weighted by Gasteiger charge is -2.37. The lowest BCUT2D eigenvalue weighted by molar-refractivity contribution is 0.0573. The Balaban J connectivity index is 1.90. The maximum Gasteiger partial charge on any atom is 0.259 e. The highest BCUT2D eigenvalue weighted by molar-refractivity contribution is 5.94. The quantitative estimate of drug-likeness (QED) is 0.757. The van der Waals surface area contributed by atoms with Crippen molar-refractivity contribution < 1.29 is 4.79 Å². The summed E-state index contributed by atoms with van der Waals surface area (Å²) < 4.78 is 0. The minimum atomic E-state index is -0.215. The van der Waals surface area contributed by atoms with Gasteiger partial charge in [0.1, 0.15) is 5.56 Å². The maximum absolute atomic E-state index is 12.5. The largest absolute Gasteiger partial charge is 0.367 e. The molecule has 2 aliphatic heterocycles. The van der Waals surface area contributed by atoms with E-state index in [4.69, 9.17) is 5.73 Å². The van der Waals surface area contributed by atoms with E-state index in [9.17, 15) is 9.59 Å². The van der Waals surface area contributed by atoms with Gasteiger partial charge in [0.2, 0.25) is 0 Å². The zero-order valence-corrected chi connectivity index (χ0v) is 10.1. The van der Waals surface area contributed by atoms with E-state index in [1.54, 1.807) is 6.20 Å². The van der Waals surface area contributed by atoms with E-state index in [0.717, 1.165) is 25.7 Å². The first-order chi connectivity index (χ1) is 8.66. The summed E-state index contributed by atoms with van der Waals surface area (Å²) in [4.78, 5) is 28.9. The average Bonchev–Trinajstić information content (AvgIpc) is 2.61. The van der Waals surface area contributed by atoms with Crippen molar-refractivity contribution in [3.8, 4) is 0 Å². The second-order valence-corrected chi connectivity index (χ2v) is 5.25. The molecule has 1 amide bonds. The number of nitrogens with zero attached hydrogens (tertiary/aromatic N) is 1. The topological polar surface area (TPSA) is 79.2 Å². The van der Waals surface area contributed by atoms with Gasteiger partial charge in [-0.25, -0.2) is 0 Å². The molecule has 18 heavy (non-hydrogen) atoms. The summed E-state index contributed by atoms with van der Waals surface area (Å²) in [7, 11) is 0. The fraction of sp³-hybridized carbons (Fsp3) is 0.538. The molecule has 0 saturated carbocycles. The van der Waals surface area contributed by atoms with Crippen molar-refractivity contribution in [3.63, 3.8) is 0 Å². The summed E-state index contributed by atoms with van der Waals surface area (Å²) >= 11 is 0. The fourth-order valence-corrected chi connectivity index (χ4v) is 3.27. The van der Waals surface area contributed by atoms with E-state index in [1.807, 2.05) is 4.90 Å². The number of aromatic amines is 1. The normalized spacial score (nSPS) is 30.5. The number of nitrogens with two attached hydrogens (primary N) is 1. The second kappa shape index (κ2) is 4.24. The van der Waals surface area contributed by atoms with Crippen LogP contribution in [0.15, 0.2) is 23.3 Å². The minimum Gasteiger partial charge on any atom is -0.367 e. The van der Waals surface area contributed by atoms with Gasteiger partial charge in [0.05, 0.1) is 0 Å². The molecule has 0 aliphatic carbocycles.